The van der Waals surface area contributed by atoms with Crippen LogP contribution in [0.2, 0.25) is 0 Å². The first kappa shape index (κ1) is 15.5. The number of carbonyl (C=O) groups excluding carboxylic acids is 1. The van der Waals surface area contributed by atoms with Crippen molar-refractivity contribution in [1.82, 2.24) is 4.90 Å². The summed E-state index contributed by atoms with van der Waals surface area (Å²) in [7, 11) is 0. The van der Waals surface area contributed by atoms with Gasteiger partial charge in [-0.2, -0.15) is 0 Å². The number of likely N-dealkylation sites (N-methyl/N-ethyl adjacent to an activating group) is 1. The molecular formula is C15H24N2O2. The van der Waals surface area contributed by atoms with E-state index >= 15 is 0 Å². The lowest BCUT2D eigenvalue weighted by Gasteiger charge is -2.28. The highest BCUT2D eigenvalue weighted by atomic mass is 16.3. The fourth-order valence-corrected chi connectivity index (χ4v) is 1.91. The third-order valence-electron chi connectivity index (χ3n) is 2.76. The van der Waals surface area contributed by atoms with Gasteiger partial charge >= 0.3 is 0 Å². The molecule has 0 aliphatic heterocycles. The zero-order valence-corrected chi connectivity index (χ0v) is 12.2. The van der Waals surface area contributed by atoms with Gasteiger partial charge in [-0.05, 0) is 52.0 Å². The van der Waals surface area contributed by atoms with Crippen LogP contribution in [0.1, 0.15) is 38.1 Å². The zero-order chi connectivity index (χ0) is 14.5. The molecule has 106 valence electrons. The first-order valence-corrected chi connectivity index (χ1v) is 6.73. The molecule has 4 heteroatoms. The first-order chi connectivity index (χ1) is 8.87. The minimum absolute atomic E-state index is 0.0485. The fourth-order valence-electron chi connectivity index (χ4n) is 1.91. The van der Waals surface area contributed by atoms with Crippen LogP contribution < -0.4 is 5.32 Å². The van der Waals surface area contributed by atoms with Gasteiger partial charge in [-0.15, -0.1) is 0 Å². The summed E-state index contributed by atoms with van der Waals surface area (Å²) >= 11 is 0. The van der Waals surface area contributed by atoms with Gasteiger partial charge in [-0.1, -0.05) is 0 Å². The van der Waals surface area contributed by atoms with Crippen molar-refractivity contribution in [2.24, 2.45) is 0 Å². The molecule has 0 atom stereocenters. The van der Waals surface area contributed by atoms with Crippen molar-refractivity contribution in [2.75, 3.05) is 25.0 Å². The molecule has 0 spiro atoms. The highest BCUT2D eigenvalue weighted by Gasteiger charge is 2.22. The Hall–Kier alpha value is -1.55. The minimum Gasteiger partial charge on any atom is -0.389 e. The summed E-state index contributed by atoms with van der Waals surface area (Å²) < 4.78 is 0. The van der Waals surface area contributed by atoms with Crippen LogP contribution in [0.25, 0.3) is 0 Å². The second-order valence-electron chi connectivity index (χ2n) is 5.24. The lowest BCUT2D eigenvalue weighted by molar-refractivity contribution is 0.0314. The van der Waals surface area contributed by atoms with E-state index in [-0.39, 0.29) is 5.91 Å². The molecule has 0 unspecified atom stereocenters. The lowest BCUT2D eigenvalue weighted by atomic mass is 10.1. The SMILES string of the molecule is CCNc1ccc(C(=O)N(CC)CC(C)(C)O)cc1. The molecule has 4 nitrogen and oxygen atoms in total. The van der Waals surface area contributed by atoms with E-state index in [1.165, 1.54) is 0 Å². The molecule has 0 heterocycles. The first-order valence-electron chi connectivity index (χ1n) is 6.73. The molecule has 0 saturated heterocycles. The van der Waals surface area contributed by atoms with Gasteiger partial charge < -0.3 is 15.3 Å². The third kappa shape index (κ3) is 4.91. The van der Waals surface area contributed by atoms with Crippen LogP contribution in [0.15, 0.2) is 24.3 Å². The van der Waals surface area contributed by atoms with E-state index in [1.807, 2.05) is 38.1 Å². The fraction of sp³-hybridized carbons (Fsp3) is 0.533. The Morgan fingerprint density at radius 2 is 1.84 bits per heavy atom. The van der Waals surface area contributed by atoms with Gasteiger partial charge in [-0.3, -0.25) is 4.79 Å². The van der Waals surface area contributed by atoms with Crippen molar-refractivity contribution in [3.8, 4) is 0 Å². The van der Waals surface area contributed by atoms with Crippen molar-refractivity contribution < 1.29 is 9.90 Å². The molecule has 0 aliphatic carbocycles. The molecule has 1 amide bonds. The molecule has 0 bridgehead atoms. The molecule has 2 N–H and O–H groups in total. The van der Waals surface area contributed by atoms with E-state index in [0.717, 1.165) is 12.2 Å². The standard InChI is InChI=1S/C15H24N2O2/c1-5-16-13-9-7-12(8-10-13)14(18)17(6-2)11-15(3,4)19/h7-10,16,19H,5-6,11H2,1-4H3. The number of carbonyl (C=O) groups is 1. The van der Waals surface area contributed by atoms with Crippen LogP contribution in [0.3, 0.4) is 0 Å². The summed E-state index contributed by atoms with van der Waals surface area (Å²) in [6, 6.07) is 7.42. The van der Waals surface area contributed by atoms with Gasteiger partial charge in [0.15, 0.2) is 0 Å². The van der Waals surface area contributed by atoms with Gasteiger partial charge in [0.25, 0.3) is 5.91 Å². The number of amides is 1. The lowest BCUT2D eigenvalue weighted by Crippen LogP contribution is -2.42. The van der Waals surface area contributed by atoms with E-state index in [0.29, 0.717) is 18.7 Å². The number of hydrogen-bond acceptors (Lipinski definition) is 3. The van der Waals surface area contributed by atoms with Crippen LogP contribution in [0.5, 0.6) is 0 Å². The minimum atomic E-state index is -0.880. The molecule has 1 rings (SSSR count). The molecule has 19 heavy (non-hydrogen) atoms. The van der Waals surface area contributed by atoms with Crippen LogP contribution in [-0.4, -0.2) is 41.1 Å². The Morgan fingerprint density at radius 1 is 1.26 bits per heavy atom. The van der Waals surface area contributed by atoms with E-state index in [9.17, 15) is 9.90 Å². The van der Waals surface area contributed by atoms with Gasteiger partial charge in [-0.25, -0.2) is 0 Å². The Bertz CT molecular complexity index is 407. The predicted molar refractivity (Wildman–Crippen MR) is 78.5 cm³/mol. The number of anilines is 1. The van der Waals surface area contributed by atoms with Crippen LogP contribution >= 0.6 is 0 Å². The van der Waals surface area contributed by atoms with Crippen molar-refractivity contribution >= 4 is 11.6 Å². The molecule has 0 fully saturated rings. The Morgan fingerprint density at radius 3 is 2.26 bits per heavy atom. The Labute approximate surface area is 115 Å². The van der Waals surface area contributed by atoms with Crippen molar-refractivity contribution in [2.45, 2.75) is 33.3 Å². The number of rotatable bonds is 6. The Kier molecular flexibility index (Phi) is 5.36. The maximum Gasteiger partial charge on any atom is 0.253 e. The molecule has 0 radical (unpaired) electrons. The molecule has 1 aromatic carbocycles. The number of nitrogens with one attached hydrogen (secondary N) is 1. The molecule has 0 aliphatic rings. The normalized spacial score (nSPS) is 11.2. The highest BCUT2D eigenvalue weighted by molar-refractivity contribution is 5.94. The summed E-state index contributed by atoms with van der Waals surface area (Å²) in [5.74, 6) is -0.0485. The van der Waals surface area contributed by atoms with Crippen molar-refractivity contribution in [3.63, 3.8) is 0 Å². The summed E-state index contributed by atoms with van der Waals surface area (Å²) in [6.07, 6.45) is 0. The van der Waals surface area contributed by atoms with E-state index in [1.54, 1.807) is 18.7 Å². The van der Waals surface area contributed by atoms with E-state index < -0.39 is 5.60 Å². The van der Waals surface area contributed by atoms with Gasteiger partial charge in [0.1, 0.15) is 0 Å². The highest BCUT2D eigenvalue weighted by Crippen LogP contribution is 2.13. The number of benzene rings is 1. The maximum absolute atomic E-state index is 12.3. The molecule has 0 saturated carbocycles. The summed E-state index contributed by atoms with van der Waals surface area (Å²) in [6.45, 7) is 9.12. The topological polar surface area (TPSA) is 52.6 Å². The number of nitrogens with zero attached hydrogens (tertiary/aromatic N) is 1. The van der Waals surface area contributed by atoms with E-state index in [4.69, 9.17) is 0 Å². The number of aliphatic hydroxyl groups is 1. The van der Waals surface area contributed by atoms with Crippen LogP contribution in [0, 0.1) is 0 Å². The van der Waals surface area contributed by atoms with E-state index in [2.05, 4.69) is 5.32 Å². The predicted octanol–water partition coefficient (Wildman–Crippen LogP) is 2.35. The molecule has 1 aromatic rings. The monoisotopic (exact) mass is 264 g/mol. The molecular weight excluding hydrogens is 240 g/mol. The number of hydrogen-bond donors (Lipinski definition) is 2. The molecule has 0 aromatic heterocycles. The van der Waals surface area contributed by atoms with Crippen LogP contribution in [-0.2, 0) is 0 Å². The summed E-state index contributed by atoms with van der Waals surface area (Å²) in [5, 5.41) is 13.0. The largest absolute Gasteiger partial charge is 0.389 e. The summed E-state index contributed by atoms with van der Waals surface area (Å²) in [5.41, 5.74) is 0.771. The second-order valence-corrected chi connectivity index (χ2v) is 5.24. The third-order valence-corrected chi connectivity index (χ3v) is 2.76. The van der Waals surface area contributed by atoms with Crippen molar-refractivity contribution in [3.05, 3.63) is 29.8 Å². The average molecular weight is 264 g/mol. The zero-order valence-electron chi connectivity index (χ0n) is 12.2. The van der Waals surface area contributed by atoms with Gasteiger partial charge in [0, 0.05) is 30.9 Å². The maximum atomic E-state index is 12.3. The average Bonchev–Trinajstić information content (AvgIpc) is 2.35. The second kappa shape index (κ2) is 6.57. The smallest absolute Gasteiger partial charge is 0.253 e. The Balaban J connectivity index is 2.79. The summed E-state index contributed by atoms with van der Waals surface area (Å²) in [4.78, 5) is 14.0. The quantitative estimate of drug-likeness (QED) is 0.829. The van der Waals surface area contributed by atoms with Gasteiger partial charge in [0.2, 0.25) is 0 Å². The van der Waals surface area contributed by atoms with Crippen molar-refractivity contribution in [1.29, 1.82) is 0 Å². The van der Waals surface area contributed by atoms with Gasteiger partial charge in [0.05, 0.1) is 5.60 Å². The van der Waals surface area contributed by atoms with Crippen LogP contribution in [0.4, 0.5) is 5.69 Å².